The molecular weight excluding hydrogens is 779 g/mol. The zero-order valence-corrected chi connectivity index (χ0v) is 35.4. The summed E-state index contributed by atoms with van der Waals surface area (Å²) in [4.78, 5) is 52.8. The fraction of sp³-hybridized carbons (Fsp3) is 0.432. The van der Waals surface area contributed by atoms with Gasteiger partial charge in [0.25, 0.3) is 0 Å². The smallest absolute Gasteiger partial charge is 0.410 e. The number of carbonyl (C=O) groups is 3. The molecule has 3 aliphatic rings. The molecule has 2 aromatic carbocycles. The van der Waals surface area contributed by atoms with Gasteiger partial charge in [0, 0.05) is 104 Å². The van der Waals surface area contributed by atoms with Crippen LogP contribution in [-0.2, 0) is 27.4 Å². The van der Waals surface area contributed by atoms with Gasteiger partial charge >= 0.3 is 6.09 Å². The quantitative estimate of drug-likeness (QED) is 0.170. The highest BCUT2D eigenvalue weighted by Crippen LogP contribution is 2.43. The number of nitrogens with one attached hydrogen (secondary N) is 1. The Hall–Kier alpha value is -4.91. The summed E-state index contributed by atoms with van der Waals surface area (Å²) in [5.41, 5.74) is 5.19. The average molecular weight is 830 g/mol. The zero-order chi connectivity index (χ0) is 41.4. The van der Waals surface area contributed by atoms with Crippen molar-refractivity contribution in [3.8, 4) is 45.3 Å². The van der Waals surface area contributed by atoms with E-state index in [4.69, 9.17) is 42.4 Å². The number of pyridine rings is 2. The minimum atomic E-state index is -0.677. The highest BCUT2D eigenvalue weighted by Gasteiger charge is 2.48. The molecule has 3 fully saturated rings. The standard InChI is InChI=1S/C44H50Cl2N6O6/c1-27(53)51-18-15-31(16-19-51)52(42(55)58-43(2,3)4)23-29-11-10-28(20-36(29)56-5)40-39(46)33(14-17-47-40)32-8-7-9-34(38(32)45)35-13-12-30(41(49-35)57-6)22-50-25-44(26-50)21-37(54)48-24-44/h7-14,17,20,31H,15-16,18-19,21-26H2,1-6H3,(H,48,54). The number of nitrogens with zero attached hydrogens (tertiary/aromatic N) is 5. The summed E-state index contributed by atoms with van der Waals surface area (Å²) in [6.07, 6.45) is 3.16. The van der Waals surface area contributed by atoms with Crippen LogP contribution in [0, 0.1) is 5.41 Å². The van der Waals surface area contributed by atoms with Crippen LogP contribution in [0.15, 0.2) is 60.8 Å². The first-order valence-electron chi connectivity index (χ1n) is 19.6. The van der Waals surface area contributed by atoms with Gasteiger partial charge in [0.15, 0.2) is 0 Å². The predicted molar refractivity (Wildman–Crippen MR) is 224 cm³/mol. The number of likely N-dealkylation sites (tertiary alicyclic amines) is 2. The van der Waals surface area contributed by atoms with E-state index in [1.807, 2.05) is 80.3 Å². The Labute approximate surface area is 349 Å². The van der Waals surface area contributed by atoms with E-state index in [0.717, 1.165) is 47.5 Å². The second-order valence-corrected chi connectivity index (χ2v) is 17.3. The van der Waals surface area contributed by atoms with Gasteiger partial charge < -0.3 is 29.3 Å². The third-order valence-electron chi connectivity index (χ3n) is 11.2. The second kappa shape index (κ2) is 16.8. The number of amides is 3. The van der Waals surface area contributed by atoms with Crippen molar-refractivity contribution in [2.75, 3.05) is 46.9 Å². The Balaban J connectivity index is 1.12. The fourth-order valence-corrected chi connectivity index (χ4v) is 8.95. The first kappa shape index (κ1) is 41.3. The summed E-state index contributed by atoms with van der Waals surface area (Å²) in [7, 11) is 3.21. The van der Waals surface area contributed by atoms with Crippen molar-refractivity contribution in [3.63, 3.8) is 0 Å². The van der Waals surface area contributed by atoms with E-state index in [2.05, 4.69) is 15.2 Å². The van der Waals surface area contributed by atoms with Crippen molar-refractivity contribution in [2.24, 2.45) is 5.41 Å². The summed E-state index contributed by atoms with van der Waals surface area (Å²) in [6, 6.07) is 17.2. The summed E-state index contributed by atoms with van der Waals surface area (Å²) in [6.45, 7) is 11.6. The predicted octanol–water partition coefficient (Wildman–Crippen LogP) is 7.87. The molecule has 3 aliphatic heterocycles. The fourth-order valence-electron chi connectivity index (χ4n) is 8.30. The normalized spacial score (nSPS) is 16.8. The molecule has 0 radical (unpaired) electrons. The van der Waals surface area contributed by atoms with Crippen molar-refractivity contribution >= 4 is 41.1 Å². The van der Waals surface area contributed by atoms with Gasteiger partial charge in [0.2, 0.25) is 17.7 Å². The van der Waals surface area contributed by atoms with Crippen molar-refractivity contribution in [1.29, 1.82) is 0 Å². The van der Waals surface area contributed by atoms with E-state index < -0.39 is 11.7 Å². The minimum absolute atomic E-state index is 0.0310. The number of benzene rings is 2. The number of hydrogen-bond acceptors (Lipinski definition) is 9. The largest absolute Gasteiger partial charge is 0.496 e. The molecule has 0 atom stereocenters. The van der Waals surface area contributed by atoms with Crippen LogP contribution in [-0.4, -0.2) is 101 Å². The Morgan fingerprint density at radius 1 is 0.948 bits per heavy atom. The summed E-state index contributed by atoms with van der Waals surface area (Å²) in [5, 5.41) is 3.86. The van der Waals surface area contributed by atoms with E-state index in [9.17, 15) is 14.4 Å². The summed E-state index contributed by atoms with van der Waals surface area (Å²) in [5.74, 6) is 1.25. The van der Waals surface area contributed by atoms with Crippen molar-refractivity contribution < 1.29 is 28.6 Å². The number of hydrogen-bond donors (Lipinski definition) is 1. The van der Waals surface area contributed by atoms with Crippen LogP contribution in [0.2, 0.25) is 10.0 Å². The molecule has 5 heterocycles. The monoisotopic (exact) mass is 828 g/mol. The lowest BCUT2D eigenvalue weighted by atomic mass is 9.79. The lowest BCUT2D eigenvalue weighted by Crippen LogP contribution is -2.56. The number of aromatic nitrogens is 2. The van der Waals surface area contributed by atoms with Crippen molar-refractivity contribution in [2.45, 2.75) is 71.7 Å². The minimum Gasteiger partial charge on any atom is -0.496 e. The van der Waals surface area contributed by atoms with Crippen LogP contribution >= 0.6 is 23.2 Å². The van der Waals surface area contributed by atoms with Gasteiger partial charge in [-0.25, -0.2) is 9.78 Å². The van der Waals surface area contributed by atoms with Gasteiger partial charge in [0.05, 0.1) is 42.2 Å². The van der Waals surface area contributed by atoms with E-state index in [0.29, 0.717) is 77.5 Å². The summed E-state index contributed by atoms with van der Waals surface area (Å²) < 4.78 is 17.5. The van der Waals surface area contributed by atoms with E-state index in [1.54, 1.807) is 32.2 Å². The van der Waals surface area contributed by atoms with Crippen LogP contribution in [0.1, 0.15) is 58.1 Å². The first-order valence-corrected chi connectivity index (χ1v) is 20.3. The molecule has 0 aliphatic carbocycles. The molecule has 1 spiro atoms. The second-order valence-electron chi connectivity index (χ2n) is 16.5. The van der Waals surface area contributed by atoms with Crippen molar-refractivity contribution in [3.05, 3.63) is 82.0 Å². The third-order valence-corrected chi connectivity index (χ3v) is 12.0. The lowest BCUT2D eigenvalue weighted by molar-refractivity contribution is -0.130. The van der Waals surface area contributed by atoms with Crippen LogP contribution in [0.5, 0.6) is 11.6 Å². The van der Waals surface area contributed by atoms with Crippen molar-refractivity contribution in [1.82, 2.24) is 30.0 Å². The highest BCUT2D eigenvalue weighted by atomic mass is 35.5. The number of piperidine rings is 1. The first-order chi connectivity index (χ1) is 27.7. The van der Waals surface area contributed by atoms with Gasteiger partial charge in [-0.05, 0) is 51.8 Å². The molecule has 14 heteroatoms. The molecule has 3 amide bonds. The Kier molecular flexibility index (Phi) is 11.9. The maximum atomic E-state index is 13.6. The number of ether oxygens (including phenoxy) is 3. The Morgan fingerprint density at radius 2 is 1.66 bits per heavy atom. The molecule has 12 nitrogen and oxygen atoms in total. The van der Waals surface area contributed by atoms with Crippen LogP contribution < -0.4 is 14.8 Å². The number of carbonyl (C=O) groups excluding carboxylic acids is 3. The molecule has 4 aromatic rings. The molecule has 58 heavy (non-hydrogen) atoms. The van der Waals surface area contributed by atoms with Gasteiger partial charge in [-0.3, -0.25) is 19.5 Å². The maximum absolute atomic E-state index is 13.6. The molecular formula is C44H50Cl2N6O6. The van der Waals surface area contributed by atoms with Gasteiger partial charge in [-0.15, -0.1) is 0 Å². The van der Waals surface area contributed by atoms with Gasteiger partial charge in [-0.2, -0.15) is 0 Å². The molecule has 3 saturated heterocycles. The Morgan fingerprint density at radius 3 is 2.31 bits per heavy atom. The molecule has 0 saturated carbocycles. The molecule has 2 aromatic heterocycles. The summed E-state index contributed by atoms with van der Waals surface area (Å²) >= 11 is 14.3. The molecule has 0 unspecified atom stereocenters. The third kappa shape index (κ3) is 8.74. The average Bonchev–Trinajstić information content (AvgIpc) is 3.58. The SMILES string of the molecule is COc1cc(-c2nccc(-c3cccc(-c4ccc(CN5CC6(CNC(=O)C6)C5)c(OC)n4)c3Cl)c2Cl)ccc1CN(C(=O)OC(C)(C)C)C1CCN(C(C)=O)CC1. The van der Waals surface area contributed by atoms with Crippen LogP contribution in [0.3, 0.4) is 0 Å². The van der Waals surface area contributed by atoms with Gasteiger partial charge in [-0.1, -0.05) is 59.6 Å². The maximum Gasteiger partial charge on any atom is 0.410 e. The van der Waals surface area contributed by atoms with E-state index >= 15 is 0 Å². The molecule has 7 rings (SSSR count). The van der Waals surface area contributed by atoms with Gasteiger partial charge in [0.1, 0.15) is 11.4 Å². The number of rotatable bonds is 10. The topological polar surface area (TPSA) is 126 Å². The molecule has 1 N–H and O–H groups in total. The van der Waals surface area contributed by atoms with E-state index in [-0.39, 0.29) is 29.8 Å². The Bertz CT molecular complexity index is 2210. The number of methoxy groups -OCH3 is 2. The van der Waals surface area contributed by atoms with E-state index in [1.165, 1.54) is 0 Å². The van der Waals surface area contributed by atoms with Crippen LogP contribution in [0.4, 0.5) is 4.79 Å². The molecule has 0 bridgehead atoms. The zero-order valence-electron chi connectivity index (χ0n) is 33.9. The van der Waals surface area contributed by atoms with Crippen LogP contribution in [0.25, 0.3) is 33.6 Å². The highest BCUT2D eigenvalue weighted by molar-refractivity contribution is 6.39. The number of halogens is 2. The molecule has 306 valence electrons. The lowest BCUT2D eigenvalue weighted by Gasteiger charge is -2.47.